The van der Waals surface area contributed by atoms with Crippen LogP contribution in [0.1, 0.15) is 41.0 Å². The van der Waals surface area contributed by atoms with E-state index in [0.717, 1.165) is 17.5 Å². The Labute approximate surface area is 121 Å². The van der Waals surface area contributed by atoms with Crippen LogP contribution < -0.4 is 0 Å². The first-order valence-electron chi connectivity index (χ1n) is 6.69. The van der Waals surface area contributed by atoms with Gasteiger partial charge in [-0.3, -0.25) is 0 Å². The van der Waals surface area contributed by atoms with Crippen LogP contribution in [-0.2, 0) is 9.31 Å². The van der Waals surface area contributed by atoms with Crippen LogP contribution in [-0.4, -0.2) is 23.7 Å². The van der Waals surface area contributed by atoms with Crippen LogP contribution in [0, 0.1) is 0 Å². The number of halogens is 1. The summed E-state index contributed by atoms with van der Waals surface area (Å²) < 4.78 is 12.1. The highest BCUT2D eigenvalue weighted by Gasteiger charge is 2.52. The summed E-state index contributed by atoms with van der Waals surface area (Å²) in [6, 6.07) is 0. The van der Waals surface area contributed by atoms with Gasteiger partial charge in [0.15, 0.2) is 0 Å². The van der Waals surface area contributed by atoms with Crippen molar-refractivity contribution in [1.29, 1.82) is 0 Å². The molecular formula is C15H22BClO2. The first-order chi connectivity index (χ1) is 8.62. The molecule has 0 aromatic carbocycles. The number of alkyl halides is 1. The quantitative estimate of drug-likeness (QED) is 0.410. The number of allylic oxidation sites excluding steroid dienone is 5. The Kier molecular flexibility index (Phi) is 3.76. The second-order valence-electron chi connectivity index (χ2n) is 6.48. The summed E-state index contributed by atoms with van der Waals surface area (Å²) in [4.78, 5) is 0. The van der Waals surface area contributed by atoms with Crippen LogP contribution in [0.2, 0.25) is 0 Å². The molecule has 0 amide bonds. The van der Waals surface area contributed by atoms with Gasteiger partial charge in [-0.15, -0.1) is 11.6 Å². The lowest BCUT2D eigenvalue weighted by Gasteiger charge is -2.32. The smallest absolute Gasteiger partial charge is 0.399 e. The molecule has 1 aliphatic heterocycles. The average molecular weight is 281 g/mol. The van der Waals surface area contributed by atoms with E-state index in [-0.39, 0.29) is 23.7 Å². The average Bonchev–Trinajstić information content (AvgIpc) is 2.37. The van der Waals surface area contributed by atoms with Crippen LogP contribution in [0.5, 0.6) is 0 Å². The van der Waals surface area contributed by atoms with Crippen molar-refractivity contribution in [3.8, 4) is 0 Å². The van der Waals surface area contributed by atoms with Gasteiger partial charge < -0.3 is 9.31 Å². The molecule has 0 spiro atoms. The van der Waals surface area contributed by atoms with Gasteiger partial charge in [0, 0.05) is 0 Å². The molecule has 1 saturated heterocycles. The maximum absolute atomic E-state index is 6.33. The SMILES string of the molecule is C=C1CC(C)=CC(B2OC(C)(C)C(C)(C)O2)=CC1Cl. The van der Waals surface area contributed by atoms with Gasteiger partial charge in [-0.05, 0) is 46.5 Å². The van der Waals surface area contributed by atoms with Crippen molar-refractivity contribution in [1.82, 2.24) is 0 Å². The van der Waals surface area contributed by atoms with Crippen molar-refractivity contribution in [2.75, 3.05) is 0 Å². The number of hydrogen-bond donors (Lipinski definition) is 0. The van der Waals surface area contributed by atoms with Crippen LogP contribution in [0.4, 0.5) is 0 Å². The van der Waals surface area contributed by atoms with Gasteiger partial charge in [-0.2, -0.15) is 0 Å². The molecule has 2 nitrogen and oxygen atoms in total. The molecule has 1 unspecified atom stereocenters. The van der Waals surface area contributed by atoms with E-state index in [9.17, 15) is 0 Å². The van der Waals surface area contributed by atoms with Crippen LogP contribution >= 0.6 is 11.6 Å². The lowest BCUT2D eigenvalue weighted by molar-refractivity contribution is 0.00578. The molecule has 1 heterocycles. The summed E-state index contributed by atoms with van der Waals surface area (Å²) in [7, 11) is -0.355. The fraction of sp³-hybridized carbons (Fsp3) is 0.600. The second-order valence-corrected chi connectivity index (χ2v) is 6.95. The minimum Gasteiger partial charge on any atom is -0.399 e. The molecule has 2 rings (SSSR count). The predicted molar refractivity (Wildman–Crippen MR) is 81.3 cm³/mol. The fourth-order valence-electron chi connectivity index (χ4n) is 2.25. The van der Waals surface area contributed by atoms with Gasteiger partial charge in [0.25, 0.3) is 0 Å². The van der Waals surface area contributed by atoms with E-state index in [0.29, 0.717) is 0 Å². The van der Waals surface area contributed by atoms with Gasteiger partial charge in [0.05, 0.1) is 16.6 Å². The van der Waals surface area contributed by atoms with Crippen molar-refractivity contribution in [3.63, 3.8) is 0 Å². The number of hydrogen-bond acceptors (Lipinski definition) is 2. The van der Waals surface area contributed by atoms with Gasteiger partial charge in [-0.25, -0.2) is 0 Å². The molecule has 0 aromatic rings. The lowest BCUT2D eigenvalue weighted by Crippen LogP contribution is -2.41. The summed E-state index contributed by atoms with van der Waals surface area (Å²) in [5.74, 6) is 0. The van der Waals surface area contributed by atoms with Crippen molar-refractivity contribution in [3.05, 3.63) is 35.3 Å². The number of rotatable bonds is 1. The molecule has 1 aliphatic carbocycles. The third kappa shape index (κ3) is 2.83. The van der Waals surface area contributed by atoms with E-state index in [4.69, 9.17) is 20.9 Å². The summed E-state index contributed by atoms with van der Waals surface area (Å²) in [6.45, 7) is 14.3. The molecular weight excluding hydrogens is 258 g/mol. The van der Waals surface area contributed by atoms with Crippen molar-refractivity contribution in [2.24, 2.45) is 0 Å². The van der Waals surface area contributed by atoms with Gasteiger partial charge in [0.2, 0.25) is 0 Å². The summed E-state index contributed by atoms with van der Waals surface area (Å²) in [5.41, 5.74) is 2.59. The molecule has 0 bridgehead atoms. The van der Waals surface area contributed by atoms with E-state index in [1.165, 1.54) is 5.57 Å². The van der Waals surface area contributed by atoms with Gasteiger partial charge >= 0.3 is 7.12 Å². The van der Waals surface area contributed by atoms with Crippen molar-refractivity contribution >= 4 is 18.7 Å². The lowest BCUT2D eigenvalue weighted by atomic mass is 9.77. The first kappa shape index (κ1) is 14.9. The third-order valence-electron chi connectivity index (χ3n) is 4.17. The predicted octanol–water partition coefficient (Wildman–Crippen LogP) is 4.06. The Morgan fingerprint density at radius 2 is 1.79 bits per heavy atom. The molecule has 0 N–H and O–H groups in total. The Hall–Kier alpha value is -0.505. The highest BCUT2D eigenvalue weighted by molar-refractivity contribution is 6.56. The molecule has 0 saturated carbocycles. The fourth-order valence-corrected chi connectivity index (χ4v) is 2.47. The summed E-state index contributed by atoms with van der Waals surface area (Å²) in [5, 5.41) is -0.164. The second kappa shape index (κ2) is 4.80. The van der Waals surface area contributed by atoms with E-state index in [2.05, 4.69) is 47.3 Å². The Bertz CT molecular complexity index is 447. The maximum Gasteiger partial charge on any atom is 0.494 e. The van der Waals surface area contributed by atoms with Crippen molar-refractivity contribution in [2.45, 2.75) is 57.6 Å². The van der Waals surface area contributed by atoms with Crippen LogP contribution in [0.3, 0.4) is 0 Å². The Morgan fingerprint density at radius 3 is 2.32 bits per heavy atom. The molecule has 2 aliphatic rings. The molecule has 1 atom stereocenters. The molecule has 0 radical (unpaired) electrons. The zero-order valence-electron chi connectivity index (χ0n) is 12.4. The third-order valence-corrected chi connectivity index (χ3v) is 4.61. The highest BCUT2D eigenvalue weighted by Crippen LogP contribution is 2.40. The Morgan fingerprint density at radius 1 is 1.26 bits per heavy atom. The highest BCUT2D eigenvalue weighted by atomic mass is 35.5. The molecule has 1 fully saturated rings. The normalized spacial score (nSPS) is 29.9. The molecule has 0 aromatic heterocycles. The molecule has 4 heteroatoms. The zero-order valence-corrected chi connectivity index (χ0v) is 13.2. The maximum atomic E-state index is 6.33. The van der Waals surface area contributed by atoms with Gasteiger partial charge in [-0.1, -0.05) is 29.9 Å². The van der Waals surface area contributed by atoms with Crippen LogP contribution in [0.25, 0.3) is 0 Å². The van der Waals surface area contributed by atoms with Crippen molar-refractivity contribution < 1.29 is 9.31 Å². The first-order valence-corrected chi connectivity index (χ1v) is 7.12. The minimum absolute atomic E-state index is 0.164. The van der Waals surface area contributed by atoms with Crippen LogP contribution in [0.15, 0.2) is 35.3 Å². The largest absolute Gasteiger partial charge is 0.494 e. The van der Waals surface area contributed by atoms with E-state index in [1.807, 2.05) is 6.08 Å². The molecule has 104 valence electrons. The monoisotopic (exact) mass is 280 g/mol. The minimum atomic E-state index is -0.355. The zero-order chi connectivity index (χ0) is 14.4. The summed E-state index contributed by atoms with van der Waals surface area (Å²) in [6.07, 6.45) is 4.92. The molecule has 19 heavy (non-hydrogen) atoms. The van der Waals surface area contributed by atoms with Gasteiger partial charge in [0.1, 0.15) is 0 Å². The van der Waals surface area contributed by atoms with E-state index >= 15 is 0 Å². The van der Waals surface area contributed by atoms with E-state index in [1.54, 1.807) is 0 Å². The Balaban J connectivity index is 2.30. The topological polar surface area (TPSA) is 18.5 Å². The van der Waals surface area contributed by atoms with E-state index < -0.39 is 0 Å². The standard InChI is InChI=1S/C15H22BClO2/c1-10-7-11(2)13(17)9-12(8-10)16-18-14(3,4)15(5,6)19-16/h8-9,13H,2,7H2,1,3-6H3. The summed E-state index contributed by atoms with van der Waals surface area (Å²) >= 11 is 6.33.